The Kier molecular flexibility index (Phi) is 9.24. The number of fused-ring (bicyclic) bond motifs is 4. The first-order chi connectivity index (χ1) is 23.4. The Labute approximate surface area is 292 Å². The van der Waals surface area contributed by atoms with Crippen molar-refractivity contribution in [3.63, 3.8) is 0 Å². The number of allylic oxidation sites excluding steroid dienone is 2. The van der Waals surface area contributed by atoms with Gasteiger partial charge in [-0.3, -0.25) is 14.4 Å². The molecule has 2 fully saturated rings. The molecule has 0 unspecified atom stereocenters. The first-order valence-corrected chi connectivity index (χ1v) is 17.2. The number of hydrogen-bond acceptors (Lipinski definition) is 11. The lowest BCUT2D eigenvalue weighted by molar-refractivity contribution is -0.176. The average Bonchev–Trinajstić information content (AvgIpc) is 3.05. The average molecular weight is 689 g/mol. The van der Waals surface area contributed by atoms with Gasteiger partial charge in [0, 0.05) is 34.3 Å². The number of aryl methyl sites for hydroxylation is 1. The number of hydrogen-bond donors (Lipinski definition) is 3. The highest BCUT2D eigenvalue weighted by molar-refractivity contribution is 6.33. The summed E-state index contributed by atoms with van der Waals surface area (Å²) in [4.78, 5) is 47.0. The number of carbonyl (C=O) groups excluding carboxylic acids is 2. The maximum Gasteiger partial charge on any atom is 0.202 e. The molecular weight excluding hydrogens is 640 g/mol. The first kappa shape index (κ1) is 36.1. The van der Waals surface area contributed by atoms with Gasteiger partial charge in [0.1, 0.15) is 11.5 Å². The number of phenolic OH excluding ortho intramolecular Hbond substituents is 1. The molecule has 268 valence electrons. The van der Waals surface area contributed by atoms with Gasteiger partial charge in [-0.25, -0.2) is 0 Å². The van der Waals surface area contributed by atoms with Crippen molar-refractivity contribution in [3.05, 3.63) is 79.2 Å². The molecule has 0 radical (unpaired) electrons. The minimum Gasteiger partial charge on any atom is -0.507 e. The largest absolute Gasteiger partial charge is 0.507 e. The van der Waals surface area contributed by atoms with Crippen molar-refractivity contribution in [2.24, 2.45) is 0 Å². The molecule has 3 N–H and O–H groups in total. The summed E-state index contributed by atoms with van der Waals surface area (Å²) in [7, 11) is 7.46. The SMILES string of the molecule is CC=C(C)c1cc(=O)c2c(C)cc3c(c2o1)C(=O)c1c(O)c([C@H]2C[C@@](C)(N(C)C)[C@H](O)[C@H](C)O2)cc([C@H]2C[C@@H](N(C)C)[C@H](O)[C@@H](C)O2)c1C3=O. The first-order valence-electron chi connectivity index (χ1n) is 17.2. The lowest BCUT2D eigenvalue weighted by Crippen LogP contribution is -2.59. The Morgan fingerprint density at radius 2 is 1.58 bits per heavy atom. The molecule has 11 heteroatoms. The number of aromatic hydroxyl groups is 1. The summed E-state index contributed by atoms with van der Waals surface area (Å²) in [5.74, 6) is -1.31. The number of ether oxygens (including phenoxy) is 2. The normalized spacial score (nSPS) is 30.3. The number of carbonyl (C=O) groups is 2. The summed E-state index contributed by atoms with van der Waals surface area (Å²) in [5, 5.41) is 34.5. The second-order valence-corrected chi connectivity index (χ2v) is 14.9. The molecule has 0 spiro atoms. The molecule has 2 aromatic carbocycles. The number of aliphatic hydroxyl groups is 2. The number of nitrogens with zero attached hydrogens (tertiary/aromatic N) is 2. The Bertz CT molecular complexity index is 2000. The summed E-state index contributed by atoms with van der Waals surface area (Å²) >= 11 is 0. The van der Waals surface area contributed by atoms with Crippen molar-refractivity contribution in [3.8, 4) is 5.75 Å². The van der Waals surface area contributed by atoms with E-state index in [-0.39, 0.29) is 62.4 Å². The molecule has 3 aromatic rings. The van der Waals surface area contributed by atoms with E-state index in [0.717, 1.165) is 0 Å². The summed E-state index contributed by atoms with van der Waals surface area (Å²) < 4.78 is 19.0. The summed E-state index contributed by atoms with van der Waals surface area (Å²) in [6.45, 7) is 10.7. The van der Waals surface area contributed by atoms with E-state index in [1.807, 2.05) is 44.9 Å². The molecule has 11 nitrogen and oxygen atoms in total. The number of benzene rings is 2. The van der Waals surface area contributed by atoms with Gasteiger partial charge in [0.15, 0.2) is 16.8 Å². The second-order valence-electron chi connectivity index (χ2n) is 14.9. The fourth-order valence-corrected chi connectivity index (χ4v) is 8.00. The lowest BCUT2D eigenvalue weighted by Gasteiger charge is -2.49. The van der Waals surface area contributed by atoms with Crippen LogP contribution in [0.5, 0.6) is 5.75 Å². The van der Waals surface area contributed by atoms with Crippen molar-refractivity contribution in [2.75, 3.05) is 28.2 Å². The van der Waals surface area contributed by atoms with Crippen LogP contribution < -0.4 is 5.43 Å². The molecule has 3 aliphatic rings. The maximum absolute atomic E-state index is 14.9. The summed E-state index contributed by atoms with van der Waals surface area (Å²) in [6, 6.07) is 4.29. The van der Waals surface area contributed by atoms with Gasteiger partial charge < -0.3 is 39.0 Å². The molecule has 0 saturated carbocycles. The van der Waals surface area contributed by atoms with Crippen LogP contribution >= 0.6 is 0 Å². The van der Waals surface area contributed by atoms with Crippen molar-refractivity contribution >= 4 is 28.1 Å². The third-order valence-corrected chi connectivity index (χ3v) is 11.5. The van der Waals surface area contributed by atoms with Gasteiger partial charge >= 0.3 is 0 Å². The number of aliphatic hydroxyl groups excluding tert-OH is 2. The van der Waals surface area contributed by atoms with E-state index < -0.39 is 59.5 Å². The Morgan fingerprint density at radius 3 is 2.20 bits per heavy atom. The Balaban J connectivity index is 1.65. The molecule has 6 rings (SSSR count). The van der Waals surface area contributed by atoms with Gasteiger partial charge in [0.25, 0.3) is 0 Å². The van der Waals surface area contributed by atoms with Gasteiger partial charge in [-0.15, -0.1) is 0 Å². The molecular formula is C39H48N2O9. The molecule has 2 aliphatic heterocycles. The van der Waals surface area contributed by atoms with E-state index in [1.54, 1.807) is 52.8 Å². The number of phenols is 1. The predicted octanol–water partition coefficient (Wildman–Crippen LogP) is 4.68. The molecule has 1 aromatic heterocycles. The van der Waals surface area contributed by atoms with Gasteiger partial charge in [-0.1, -0.05) is 6.08 Å². The monoisotopic (exact) mass is 688 g/mol. The predicted molar refractivity (Wildman–Crippen MR) is 189 cm³/mol. The van der Waals surface area contributed by atoms with E-state index in [2.05, 4.69) is 0 Å². The highest BCUT2D eigenvalue weighted by Crippen LogP contribution is 2.49. The fourth-order valence-electron chi connectivity index (χ4n) is 8.00. The number of rotatable bonds is 5. The molecule has 0 amide bonds. The highest BCUT2D eigenvalue weighted by Gasteiger charge is 2.49. The molecule has 50 heavy (non-hydrogen) atoms. The van der Waals surface area contributed by atoms with Gasteiger partial charge in [0.05, 0.1) is 53.1 Å². The zero-order valence-electron chi connectivity index (χ0n) is 30.5. The van der Waals surface area contributed by atoms with Crippen LogP contribution in [-0.2, 0) is 9.47 Å². The van der Waals surface area contributed by atoms with E-state index in [1.165, 1.54) is 6.07 Å². The van der Waals surface area contributed by atoms with Crippen molar-refractivity contribution in [2.45, 2.75) is 103 Å². The zero-order valence-corrected chi connectivity index (χ0v) is 30.5. The smallest absolute Gasteiger partial charge is 0.202 e. The summed E-state index contributed by atoms with van der Waals surface area (Å²) in [6.07, 6.45) is -2.05. The standard InChI is InChI=1S/C39H48N2O9/c1-11-17(2)26-15-25(42)29-18(3)12-23-31(37(29)50-26)36(46)32-30(35(23)45)21(27-14-24(40(7)8)33(43)19(4)48-27)13-22(34(32)44)28-16-39(6,41(9)10)38(47)20(5)49-28/h11-13,15,19-20,24,27-28,33,38,43-44,47H,14,16H2,1-10H3/t19-,20+,24-,27-,28-,33-,38-,39-/m1/s1. The molecule has 8 atom stereocenters. The van der Waals surface area contributed by atoms with Crippen LogP contribution in [0.1, 0.15) is 114 Å². The number of likely N-dealkylation sites (N-methyl/N-ethyl adjacent to an activating group) is 2. The van der Waals surface area contributed by atoms with Crippen LogP contribution in [0.3, 0.4) is 0 Å². The van der Waals surface area contributed by atoms with Gasteiger partial charge in [-0.2, -0.15) is 0 Å². The minimum atomic E-state index is -0.847. The summed E-state index contributed by atoms with van der Waals surface area (Å²) in [5.41, 5.74) is 0.492. The van der Waals surface area contributed by atoms with Crippen LogP contribution in [0, 0.1) is 6.92 Å². The molecule has 3 heterocycles. The molecule has 1 aliphatic carbocycles. The molecule has 0 bridgehead atoms. The lowest BCUT2D eigenvalue weighted by atomic mass is 9.74. The van der Waals surface area contributed by atoms with Crippen LogP contribution in [0.25, 0.3) is 16.5 Å². The topological polar surface area (TPSA) is 150 Å². The van der Waals surface area contributed by atoms with E-state index in [4.69, 9.17) is 13.9 Å². The zero-order chi connectivity index (χ0) is 36.7. The molecule has 2 saturated heterocycles. The van der Waals surface area contributed by atoms with Crippen molar-refractivity contribution < 1.29 is 38.8 Å². The van der Waals surface area contributed by atoms with Crippen molar-refractivity contribution in [1.82, 2.24) is 9.80 Å². The van der Waals surface area contributed by atoms with E-state index in [0.29, 0.717) is 23.1 Å². The highest BCUT2D eigenvalue weighted by atomic mass is 16.5. The third kappa shape index (κ3) is 5.46. The van der Waals surface area contributed by atoms with Gasteiger partial charge in [-0.05, 0) is 111 Å². The van der Waals surface area contributed by atoms with E-state index in [9.17, 15) is 29.7 Å². The Morgan fingerprint density at radius 1 is 0.920 bits per heavy atom. The Hall–Kier alpha value is -3.71. The van der Waals surface area contributed by atoms with Crippen LogP contribution in [0.15, 0.2) is 33.5 Å². The van der Waals surface area contributed by atoms with Crippen molar-refractivity contribution in [1.29, 1.82) is 0 Å². The van der Waals surface area contributed by atoms with Gasteiger partial charge in [0.2, 0.25) is 5.78 Å². The van der Waals surface area contributed by atoms with E-state index >= 15 is 0 Å². The second kappa shape index (κ2) is 12.8. The maximum atomic E-state index is 14.9. The third-order valence-electron chi connectivity index (χ3n) is 11.5. The van der Waals surface area contributed by atoms with Crippen LogP contribution in [0.4, 0.5) is 0 Å². The minimum absolute atomic E-state index is 0.0102. The van der Waals surface area contributed by atoms with Crippen LogP contribution in [0.2, 0.25) is 0 Å². The number of ketones is 2. The quantitative estimate of drug-likeness (QED) is 0.268. The van der Waals surface area contributed by atoms with Crippen LogP contribution in [-0.4, -0.2) is 101 Å². The fraction of sp³-hybridized carbons (Fsp3) is 0.513.